The van der Waals surface area contributed by atoms with Crippen LogP contribution in [0.4, 0.5) is 5.82 Å². The van der Waals surface area contributed by atoms with Crippen molar-refractivity contribution in [2.45, 2.75) is 17.9 Å². The molecule has 1 unspecified atom stereocenters. The maximum atomic E-state index is 6.18. The van der Waals surface area contributed by atoms with Crippen LogP contribution in [-0.4, -0.2) is 10.7 Å². The van der Waals surface area contributed by atoms with E-state index < -0.39 is 0 Å². The van der Waals surface area contributed by atoms with Crippen molar-refractivity contribution in [3.05, 3.63) is 52.7 Å². The van der Waals surface area contributed by atoms with E-state index >= 15 is 0 Å². The van der Waals surface area contributed by atoms with Crippen molar-refractivity contribution in [3.63, 3.8) is 0 Å². The van der Waals surface area contributed by atoms with Crippen molar-refractivity contribution in [2.75, 3.05) is 11.5 Å². The van der Waals surface area contributed by atoms with Gasteiger partial charge in [-0.25, -0.2) is 4.98 Å². The molecule has 0 spiro atoms. The number of rotatable bonds is 4. The summed E-state index contributed by atoms with van der Waals surface area (Å²) in [6.07, 6.45) is 1.74. The molecule has 0 radical (unpaired) electrons. The minimum Gasteiger partial charge on any atom is -0.383 e. The van der Waals surface area contributed by atoms with Crippen molar-refractivity contribution in [1.82, 2.24) is 4.98 Å². The van der Waals surface area contributed by atoms with Gasteiger partial charge in [-0.15, -0.1) is 11.8 Å². The summed E-state index contributed by atoms with van der Waals surface area (Å²) in [6, 6.07) is 9.56. The van der Waals surface area contributed by atoms with Crippen LogP contribution in [0.1, 0.15) is 17.2 Å². The Hall–Kier alpha value is -1.23. The van der Waals surface area contributed by atoms with Crippen LogP contribution in [-0.2, 0) is 0 Å². The highest BCUT2D eigenvalue weighted by molar-refractivity contribution is 7.99. The van der Waals surface area contributed by atoms with Crippen LogP contribution in [0.3, 0.4) is 0 Å². The van der Waals surface area contributed by atoms with Crippen molar-refractivity contribution < 1.29 is 0 Å². The fourth-order valence-electron chi connectivity index (χ4n) is 1.73. The van der Waals surface area contributed by atoms with Crippen molar-refractivity contribution >= 4 is 29.2 Å². The van der Waals surface area contributed by atoms with Crippen molar-refractivity contribution in [1.29, 1.82) is 0 Å². The smallest absolute Gasteiger partial charge is 0.128 e. The van der Waals surface area contributed by atoms with Crippen molar-refractivity contribution in [2.24, 2.45) is 5.73 Å². The highest BCUT2D eigenvalue weighted by Crippen LogP contribution is 2.30. The van der Waals surface area contributed by atoms with Crippen LogP contribution < -0.4 is 11.5 Å². The molecule has 0 saturated carbocycles. The number of hydrogen-bond acceptors (Lipinski definition) is 4. The van der Waals surface area contributed by atoms with Crippen LogP contribution >= 0.6 is 23.4 Å². The summed E-state index contributed by atoms with van der Waals surface area (Å²) in [7, 11) is 0. The van der Waals surface area contributed by atoms with E-state index in [1.54, 1.807) is 18.0 Å². The molecule has 4 N–H and O–H groups in total. The Morgan fingerprint density at radius 2 is 2.11 bits per heavy atom. The Morgan fingerprint density at radius 3 is 2.84 bits per heavy atom. The van der Waals surface area contributed by atoms with Gasteiger partial charge in [0.25, 0.3) is 0 Å². The van der Waals surface area contributed by atoms with Gasteiger partial charge in [0.05, 0.1) is 5.02 Å². The molecule has 100 valence electrons. The van der Waals surface area contributed by atoms with Crippen LogP contribution in [0.2, 0.25) is 5.02 Å². The van der Waals surface area contributed by atoms with E-state index in [-0.39, 0.29) is 6.04 Å². The third-order valence-electron chi connectivity index (χ3n) is 2.74. The van der Waals surface area contributed by atoms with Gasteiger partial charge in [-0.2, -0.15) is 0 Å². The van der Waals surface area contributed by atoms with Crippen LogP contribution in [0, 0.1) is 6.92 Å². The minimum atomic E-state index is -0.159. The summed E-state index contributed by atoms with van der Waals surface area (Å²) in [5, 5.41) is 0.745. The molecule has 0 fully saturated rings. The molecule has 5 heteroatoms. The lowest BCUT2D eigenvalue weighted by Gasteiger charge is -2.14. The lowest BCUT2D eigenvalue weighted by molar-refractivity contribution is 0.826. The minimum absolute atomic E-state index is 0.159. The monoisotopic (exact) mass is 293 g/mol. The molecule has 0 aliphatic rings. The first-order valence-electron chi connectivity index (χ1n) is 5.93. The Kier molecular flexibility index (Phi) is 4.69. The number of hydrogen-bond donors (Lipinski definition) is 2. The maximum absolute atomic E-state index is 6.18. The number of pyridine rings is 1. The lowest BCUT2D eigenvalue weighted by Crippen LogP contribution is -2.16. The van der Waals surface area contributed by atoms with Gasteiger partial charge in [0.2, 0.25) is 0 Å². The van der Waals surface area contributed by atoms with Gasteiger partial charge in [-0.3, -0.25) is 0 Å². The summed E-state index contributed by atoms with van der Waals surface area (Å²) < 4.78 is 0. The molecule has 1 atom stereocenters. The second-order valence-corrected chi connectivity index (χ2v) is 5.80. The van der Waals surface area contributed by atoms with Gasteiger partial charge < -0.3 is 11.5 Å². The zero-order valence-electron chi connectivity index (χ0n) is 10.6. The maximum Gasteiger partial charge on any atom is 0.128 e. The zero-order valence-corrected chi connectivity index (χ0v) is 12.2. The molecular formula is C14H16ClN3S. The van der Waals surface area contributed by atoms with E-state index in [9.17, 15) is 0 Å². The van der Waals surface area contributed by atoms with E-state index in [0.29, 0.717) is 11.6 Å². The number of nitrogens with two attached hydrogens (primary N) is 2. The van der Waals surface area contributed by atoms with Gasteiger partial charge in [0.1, 0.15) is 5.82 Å². The zero-order chi connectivity index (χ0) is 13.8. The Morgan fingerprint density at radius 1 is 1.37 bits per heavy atom. The number of anilines is 1. The summed E-state index contributed by atoms with van der Waals surface area (Å²) >= 11 is 7.74. The molecule has 0 bridgehead atoms. The van der Waals surface area contributed by atoms with E-state index in [0.717, 1.165) is 21.0 Å². The number of halogens is 1. The van der Waals surface area contributed by atoms with Gasteiger partial charge in [0, 0.05) is 28.5 Å². The first-order chi connectivity index (χ1) is 9.08. The Labute approximate surface area is 122 Å². The van der Waals surface area contributed by atoms with E-state index in [2.05, 4.69) is 4.98 Å². The predicted molar refractivity (Wildman–Crippen MR) is 82.5 cm³/mol. The molecule has 0 amide bonds. The third-order valence-corrected chi connectivity index (χ3v) is 4.38. The largest absolute Gasteiger partial charge is 0.383 e. The predicted octanol–water partition coefficient (Wildman–Crippen LogP) is 3.42. The van der Waals surface area contributed by atoms with E-state index in [1.807, 2.05) is 37.3 Å². The van der Waals surface area contributed by atoms with Gasteiger partial charge in [-0.05, 0) is 30.7 Å². The van der Waals surface area contributed by atoms with Crippen LogP contribution in [0.25, 0.3) is 0 Å². The molecule has 2 rings (SSSR count). The highest BCUT2D eigenvalue weighted by atomic mass is 35.5. The molecular weight excluding hydrogens is 278 g/mol. The number of aromatic nitrogens is 1. The van der Waals surface area contributed by atoms with Crippen molar-refractivity contribution in [3.8, 4) is 0 Å². The van der Waals surface area contributed by atoms with Gasteiger partial charge >= 0.3 is 0 Å². The number of thioether (sulfide) groups is 1. The third kappa shape index (κ3) is 3.62. The van der Waals surface area contributed by atoms with E-state index in [1.165, 1.54) is 0 Å². The molecule has 19 heavy (non-hydrogen) atoms. The average Bonchev–Trinajstić information content (AvgIpc) is 2.40. The second kappa shape index (κ2) is 6.28. The molecule has 1 aromatic carbocycles. The lowest BCUT2D eigenvalue weighted by atomic mass is 10.1. The van der Waals surface area contributed by atoms with E-state index in [4.69, 9.17) is 23.1 Å². The molecule has 2 aromatic rings. The van der Waals surface area contributed by atoms with Gasteiger partial charge in [-0.1, -0.05) is 23.7 Å². The normalized spacial score (nSPS) is 12.4. The number of nitrogens with zero attached hydrogens (tertiary/aromatic N) is 1. The van der Waals surface area contributed by atoms with Crippen LogP contribution in [0.5, 0.6) is 0 Å². The SMILES string of the molecule is Cc1cnc(N)c(C(N)CSc2ccccc2Cl)c1. The summed E-state index contributed by atoms with van der Waals surface area (Å²) in [5.74, 6) is 1.21. The first kappa shape index (κ1) is 14.2. The Balaban J connectivity index is 2.07. The fraction of sp³-hybridized carbons (Fsp3) is 0.214. The number of aryl methyl sites for hydroxylation is 1. The standard InChI is InChI=1S/C14H16ClN3S/c1-9-6-10(14(17)18-7-9)12(16)8-19-13-5-3-2-4-11(13)15/h2-7,12H,8,16H2,1H3,(H2,17,18). The Bertz CT molecular complexity index is 574. The fourth-order valence-corrected chi connectivity index (χ4v) is 2.95. The number of benzene rings is 1. The molecule has 1 heterocycles. The molecule has 0 saturated heterocycles. The summed E-state index contributed by atoms with van der Waals surface area (Å²) in [6.45, 7) is 1.98. The molecule has 3 nitrogen and oxygen atoms in total. The summed E-state index contributed by atoms with van der Waals surface area (Å²) in [5.41, 5.74) is 14.0. The molecule has 0 aliphatic heterocycles. The topological polar surface area (TPSA) is 64.9 Å². The molecule has 1 aromatic heterocycles. The second-order valence-electron chi connectivity index (χ2n) is 4.34. The highest BCUT2D eigenvalue weighted by Gasteiger charge is 2.12. The summed E-state index contributed by atoms with van der Waals surface area (Å²) in [4.78, 5) is 5.16. The number of nitrogen functional groups attached to an aromatic ring is 1. The quantitative estimate of drug-likeness (QED) is 0.848. The van der Waals surface area contributed by atoms with Gasteiger partial charge in [0.15, 0.2) is 0 Å². The first-order valence-corrected chi connectivity index (χ1v) is 7.29. The molecule has 0 aliphatic carbocycles. The van der Waals surface area contributed by atoms with Crippen LogP contribution in [0.15, 0.2) is 41.4 Å². The average molecular weight is 294 g/mol.